The molecule has 0 aliphatic carbocycles. The lowest BCUT2D eigenvalue weighted by Gasteiger charge is -2.25. The van der Waals surface area contributed by atoms with E-state index in [1.165, 1.54) is 0 Å². The summed E-state index contributed by atoms with van der Waals surface area (Å²) in [6, 6.07) is 6.68. The van der Waals surface area contributed by atoms with Gasteiger partial charge in [0.25, 0.3) is 0 Å². The zero-order chi connectivity index (χ0) is 21.4. The second-order valence-corrected chi connectivity index (χ2v) is 7.81. The van der Waals surface area contributed by atoms with Crippen LogP contribution in [-0.4, -0.2) is 45.7 Å². The van der Waals surface area contributed by atoms with E-state index >= 15 is 0 Å². The highest BCUT2D eigenvalue weighted by molar-refractivity contribution is 5.81. The summed E-state index contributed by atoms with van der Waals surface area (Å²) in [6.45, 7) is 5.68. The van der Waals surface area contributed by atoms with Gasteiger partial charge in [-0.2, -0.15) is 10.2 Å². The van der Waals surface area contributed by atoms with Gasteiger partial charge in [-0.25, -0.2) is 9.97 Å². The first-order chi connectivity index (χ1) is 14.4. The van der Waals surface area contributed by atoms with Crippen LogP contribution in [0.2, 0.25) is 0 Å². The number of nitrogens with one attached hydrogen (secondary N) is 2. The van der Waals surface area contributed by atoms with Gasteiger partial charge >= 0.3 is 0 Å². The molecule has 9 nitrogen and oxygen atoms in total. The number of nitrogens with two attached hydrogens (primary N) is 1. The van der Waals surface area contributed by atoms with E-state index < -0.39 is 0 Å². The van der Waals surface area contributed by atoms with Crippen molar-refractivity contribution >= 4 is 28.5 Å². The van der Waals surface area contributed by atoms with Gasteiger partial charge in [0, 0.05) is 32.4 Å². The van der Waals surface area contributed by atoms with Crippen LogP contribution >= 0.6 is 0 Å². The van der Waals surface area contributed by atoms with Crippen molar-refractivity contribution in [3.8, 4) is 6.07 Å². The lowest BCUT2D eigenvalue weighted by Crippen LogP contribution is -2.30. The lowest BCUT2D eigenvalue weighted by atomic mass is 10.1. The summed E-state index contributed by atoms with van der Waals surface area (Å²) in [5.41, 5.74) is 10.8. The summed E-state index contributed by atoms with van der Waals surface area (Å²) in [4.78, 5) is 15.7. The predicted molar refractivity (Wildman–Crippen MR) is 118 cm³/mol. The number of hydrogen-bond donors (Lipinski definition) is 3. The number of pyridine rings is 1. The highest BCUT2D eigenvalue weighted by atomic mass is 15.2. The topological polar surface area (TPSA) is 121 Å². The van der Waals surface area contributed by atoms with E-state index in [1.54, 1.807) is 6.92 Å². The van der Waals surface area contributed by atoms with Crippen LogP contribution in [0.3, 0.4) is 0 Å². The average molecular weight is 406 g/mol. The Labute approximate surface area is 175 Å². The van der Waals surface area contributed by atoms with Crippen LogP contribution in [0.4, 0.5) is 17.5 Å². The monoisotopic (exact) mass is 405 g/mol. The van der Waals surface area contributed by atoms with Crippen LogP contribution in [0, 0.1) is 18.3 Å². The number of rotatable bonds is 5. The van der Waals surface area contributed by atoms with E-state index in [9.17, 15) is 5.26 Å². The van der Waals surface area contributed by atoms with Gasteiger partial charge in [-0.15, -0.1) is 0 Å². The summed E-state index contributed by atoms with van der Waals surface area (Å²) < 4.78 is 2.08. The molecule has 4 heterocycles. The van der Waals surface area contributed by atoms with Crippen molar-refractivity contribution in [3.05, 3.63) is 35.3 Å². The predicted octanol–water partition coefficient (Wildman–Crippen LogP) is 2.10. The number of aromatic nitrogens is 4. The third kappa shape index (κ3) is 3.50. The highest BCUT2D eigenvalue weighted by Gasteiger charge is 2.27. The largest absolute Gasteiger partial charge is 0.368 e. The van der Waals surface area contributed by atoms with Crippen LogP contribution in [0.15, 0.2) is 18.3 Å². The van der Waals surface area contributed by atoms with Gasteiger partial charge in [0.05, 0.1) is 34.2 Å². The molecule has 0 amide bonds. The number of fused-ring (bicyclic) bond motifs is 1. The number of nitrogens with zero attached hydrogens (tertiary/aromatic N) is 6. The molecule has 1 fully saturated rings. The zero-order valence-electron chi connectivity index (χ0n) is 17.8. The van der Waals surface area contributed by atoms with Gasteiger partial charge in [-0.05, 0) is 39.4 Å². The van der Waals surface area contributed by atoms with Crippen LogP contribution < -0.4 is 21.3 Å². The molecule has 9 heteroatoms. The third-order valence-electron chi connectivity index (χ3n) is 5.79. The Kier molecular flexibility index (Phi) is 5.18. The number of nitriles is 1. The first-order valence-corrected chi connectivity index (χ1v) is 10.1. The van der Waals surface area contributed by atoms with E-state index in [1.807, 2.05) is 33.3 Å². The number of anilines is 3. The Hall–Kier alpha value is -3.38. The van der Waals surface area contributed by atoms with E-state index in [0.29, 0.717) is 23.1 Å². The van der Waals surface area contributed by atoms with E-state index in [-0.39, 0.29) is 12.0 Å². The summed E-state index contributed by atoms with van der Waals surface area (Å²) in [5.74, 6) is 0.578. The van der Waals surface area contributed by atoms with Crippen LogP contribution in [0.1, 0.15) is 36.3 Å². The Morgan fingerprint density at radius 1 is 1.33 bits per heavy atom. The number of nitrogen functional groups attached to an aromatic ring is 1. The first kappa shape index (κ1) is 19.9. The fourth-order valence-electron chi connectivity index (χ4n) is 4.08. The van der Waals surface area contributed by atoms with Crippen molar-refractivity contribution in [1.82, 2.24) is 24.8 Å². The van der Waals surface area contributed by atoms with Crippen molar-refractivity contribution in [2.45, 2.75) is 32.4 Å². The maximum Gasteiger partial charge on any atom is 0.222 e. The Bertz CT molecular complexity index is 1130. The van der Waals surface area contributed by atoms with Crippen molar-refractivity contribution in [2.24, 2.45) is 7.05 Å². The number of hydrogen-bond acceptors (Lipinski definition) is 8. The molecule has 0 spiro atoms. The molecule has 0 aromatic carbocycles. The quantitative estimate of drug-likeness (QED) is 0.590. The van der Waals surface area contributed by atoms with Crippen molar-refractivity contribution in [1.29, 1.82) is 5.26 Å². The molecule has 0 bridgehead atoms. The third-order valence-corrected chi connectivity index (χ3v) is 5.79. The summed E-state index contributed by atoms with van der Waals surface area (Å²) in [6.07, 6.45) is 3.11. The minimum absolute atomic E-state index is 0.143. The Morgan fingerprint density at radius 3 is 2.83 bits per heavy atom. The molecule has 156 valence electrons. The summed E-state index contributed by atoms with van der Waals surface area (Å²) in [5, 5.41) is 16.3. The lowest BCUT2D eigenvalue weighted by molar-refractivity contribution is 0.616. The minimum atomic E-state index is -0.181. The Balaban J connectivity index is 1.76. The van der Waals surface area contributed by atoms with Crippen LogP contribution in [0.5, 0.6) is 0 Å². The molecule has 3 aromatic heterocycles. The molecule has 1 saturated heterocycles. The highest BCUT2D eigenvalue weighted by Crippen LogP contribution is 2.33. The number of aryl methyl sites for hydroxylation is 2. The first-order valence-electron chi connectivity index (χ1n) is 10.1. The average Bonchev–Trinajstić information content (AvgIpc) is 3.33. The second kappa shape index (κ2) is 7.80. The van der Waals surface area contributed by atoms with Gasteiger partial charge < -0.3 is 25.8 Å². The standard InChI is InChI=1S/C21H27N9/c1-12-15(10-22)20(28-21(23)26-12)25-13(2)19-18(30-8-5-14(11-30)24-3)9-17-16(27-19)6-7-29(17)4/h6-7,9,13-14,24H,5,8,11H2,1-4H3,(H3,23,25,26,28)/t13-,14?/m0/s1. The van der Waals surface area contributed by atoms with Crippen LogP contribution in [0.25, 0.3) is 11.0 Å². The molecule has 0 saturated carbocycles. The van der Waals surface area contributed by atoms with Gasteiger partial charge in [0.1, 0.15) is 17.5 Å². The normalized spacial score (nSPS) is 17.3. The Morgan fingerprint density at radius 2 is 2.13 bits per heavy atom. The number of likely N-dealkylation sites (N-methyl/N-ethyl adjacent to an activating group) is 1. The summed E-state index contributed by atoms with van der Waals surface area (Å²) in [7, 11) is 4.03. The molecule has 4 rings (SSSR count). The van der Waals surface area contributed by atoms with Crippen LogP contribution in [-0.2, 0) is 7.05 Å². The molecule has 1 unspecified atom stereocenters. The fraction of sp³-hybridized carbons (Fsp3) is 0.429. The van der Waals surface area contributed by atoms with E-state index in [0.717, 1.165) is 41.9 Å². The fourth-order valence-corrected chi connectivity index (χ4v) is 4.08. The minimum Gasteiger partial charge on any atom is -0.368 e. The zero-order valence-corrected chi connectivity index (χ0v) is 17.8. The summed E-state index contributed by atoms with van der Waals surface area (Å²) >= 11 is 0. The van der Waals surface area contributed by atoms with Gasteiger partial charge in [0.2, 0.25) is 5.95 Å². The van der Waals surface area contributed by atoms with Gasteiger partial charge in [-0.3, -0.25) is 0 Å². The molecule has 4 N–H and O–H groups in total. The van der Waals surface area contributed by atoms with E-state index in [4.69, 9.17) is 10.7 Å². The second-order valence-electron chi connectivity index (χ2n) is 7.81. The van der Waals surface area contributed by atoms with E-state index in [2.05, 4.69) is 42.2 Å². The van der Waals surface area contributed by atoms with Gasteiger partial charge in [-0.1, -0.05) is 0 Å². The smallest absolute Gasteiger partial charge is 0.222 e. The maximum absolute atomic E-state index is 9.56. The van der Waals surface area contributed by atoms with Crippen molar-refractivity contribution in [3.63, 3.8) is 0 Å². The molecule has 1 aliphatic heterocycles. The molecular weight excluding hydrogens is 378 g/mol. The molecule has 30 heavy (non-hydrogen) atoms. The maximum atomic E-state index is 9.56. The SMILES string of the molecule is CNC1CCN(c2cc3c(ccn3C)nc2[C@H](C)Nc2nc(N)nc(C)c2C#N)C1. The van der Waals surface area contributed by atoms with Gasteiger partial charge in [0.15, 0.2) is 0 Å². The molecular formula is C21H27N9. The van der Waals surface area contributed by atoms with Crippen molar-refractivity contribution in [2.75, 3.05) is 36.1 Å². The van der Waals surface area contributed by atoms with Crippen molar-refractivity contribution < 1.29 is 0 Å². The molecule has 1 aliphatic rings. The molecule has 2 atom stereocenters. The molecule has 0 radical (unpaired) electrons. The molecule has 3 aromatic rings.